The Hall–Kier alpha value is -5.45. The Balaban J connectivity index is 0.782. The normalized spacial score (nSPS) is 18.8. The zero-order chi connectivity index (χ0) is 43.4. The molecule has 3 aromatic carbocycles. The third-order valence-electron chi connectivity index (χ3n) is 12.2. The number of nitrogens with zero attached hydrogens (tertiary/aromatic N) is 6. The van der Waals surface area contributed by atoms with Crippen LogP contribution in [0.1, 0.15) is 60.0 Å². The number of halogens is 1. The van der Waals surface area contributed by atoms with Crippen LogP contribution in [0.5, 0.6) is 5.75 Å². The summed E-state index contributed by atoms with van der Waals surface area (Å²) in [6, 6.07) is 19.1. The Kier molecular flexibility index (Phi) is 13.2. The van der Waals surface area contributed by atoms with E-state index in [1.54, 1.807) is 31.4 Å². The molecule has 324 valence electrons. The highest BCUT2D eigenvalue weighted by atomic mass is 35.5. The number of hydrogen-bond acceptors (Lipinski definition) is 12. The lowest BCUT2D eigenvalue weighted by Crippen LogP contribution is -2.53. The second-order valence-corrected chi connectivity index (χ2v) is 20.2. The third kappa shape index (κ3) is 9.77. The molecule has 14 nitrogen and oxygen atoms in total. The van der Waals surface area contributed by atoms with E-state index in [-0.39, 0.29) is 18.2 Å². The quantitative estimate of drug-likeness (QED) is 0.0658. The molecule has 3 saturated heterocycles. The summed E-state index contributed by atoms with van der Waals surface area (Å²) in [7, 11) is -0.889. The molecule has 4 aliphatic heterocycles. The second kappa shape index (κ2) is 18.9. The molecule has 0 spiro atoms. The van der Waals surface area contributed by atoms with Gasteiger partial charge in [0.05, 0.1) is 24.7 Å². The summed E-state index contributed by atoms with van der Waals surface area (Å²) >= 11 is 6.49. The van der Waals surface area contributed by atoms with Crippen LogP contribution in [0.4, 0.5) is 28.8 Å². The van der Waals surface area contributed by atoms with Crippen molar-refractivity contribution in [1.82, 2.24) is 30.0 Å². The van der Waals surface area contributed by atoms with E-state index >= 15 is 0 Å². The summed E-state index contributed by atoms with van der Waals surface area (Å²) in [6.07, 6.45) is 6.05. The number of piperidine rings is 2. The van der Waals surface area contributed by atoms with Crippen molar-refractivity contribution in [2.45, 2.75) is 57.2 Å². The summed E-state index contributed by atoms with van der Waals surface area (Å²) in [6.45, 7) is 11.0. The van der Waals surface area contributed by atoms with Gasteiger partial charge >= 0.3 is 0 Å². The highest BCUT2D eigenvalue weighted by molar-refractivity contribution is 7.70. The lowest BCUT2D eigenvalue weighted by atomic mass is 10.0. The van der Waals surface area contributed by atoms with Crippen molar-refractivity contribution in [3.63, 3.8) is 0 Å². The number of methoxy groups -OCH3 is 1. The minimum atomic E-state index is -2.55. The van der Waals surface area contributed by atoms with Crippen molar-refractivity contribution in [3.8, 4) is 17.6 Å². The zero-order valence-electron chi connectivity index (χ0n) is 35.5. The minimum Gasteiger partial charge on any atom is -0.494 e. The second-order valence-electron chi connectivity index (χ2n) is 16.6. The van der Waals surface area contributed by atoms with Crippen LogP contribution in [0.3, 0.4) is 0 Å². The van der Waals surface area contributed by atoms with Gasteiger partial charge in [-0.3, -0.25) is 24.6 Å². The topological polar surface area (TPSA) is 152 Å². The van der Waals surface area contributed by atoms with Gasteiger partial charge in [-0.05, 0) is 87.5 Å². The Morgan fingerprint density at radius 1 is 0.935 bits per heavy atom. The maximum atomic E-state index is 13.2. The fourth-order valence-corrected chi connectivity index (χ4v) is 10.2. The van der Waals surface area contributed by atoms with Gasteiger partial charge in [-0.25, -0.2) is 4.98 Å². The van der Waals surface area contributed by atoms with Gasteiger partial charge in [-0.15, -0.1) is 0 Å². The first-order valence-corrected chi connectivity index (χ1v) is 24.3. The molecule has 3 N–H and O–H groups in total. The average molecular weight is 878 g/mol. The van der Waals surface area contributed by atoms with Gasteiger partial charge in [0.1, 0.15) is 24.0 Å². The summed E-state index contributed by atoms with van der Waals surface area (Å²) in [5.74, 6) is 7.20. The first-order valence-electron chi connectivity index (χ1n) is 21.3. The van der Waals surface area contributed by atoms with E-state index in [4.69, 9.17) is 16.3 Å². The molecule has 1 atom stereocenters. The van der Waals surface area contributed by atoms with Crippen molar-refractivity contribution in [1.29, 1.82) is 0 Å². The molecule has 5 heterocycles. The van der Waals surface area contributed by atoms with Crippen molar-refractivity contribution >= 4 is 70.6 Å². The molecule has 0 aliphatic carbocycles. The van der Waals surface area contributed by atoms with E-state index < -0.39 is 19.1 Å². The molecule has 0 bridgehead atoms. The fraction of sp³-hybridized carbons (Fsp3) is 0.413. The number of anilines is 5. The van der Waals surface area contributed by atoms with E-state index in [1.807, 2.05) is 42.5 Å². The number of para-hydroxylation sites is 1. The number of benzene rings is 3. The Morgan fingerprint density at radius 2 is 1.73 bits per heavy atom. The van der Waals surface area contributed by atoms with Crippen LogP contribution >= 0.6 is 18.7 Å². The maximum Gasteiger partial charge on any atom is 0.255 e. The van der Waals surface area contributed by atoms with E-state index in [1.165, 1.54) is 6.20 Å². The monoisotopic (exact) mass is 877 g/mol. The molecule has 4 aromatic rings. The number of hydrogen-bond donors (Lipinski definition) is 3. The van der Waals surface area contributed by atoms with E-state index in [9.17, 15) is 18.9 Å². The molecule has 0 saturated carbocycles. The zero-order valence-corrected chi connectivity index (χ0v) is 37.1. The molecule has 16 heteroatoms. The van der Waals surface area contributed by atoms with Gasteiger partial charge in [0.25, 0.3) is 5.91 Å². The van der Waals surface area contributed by atoms with E-state index in [2.05, 4.69) is 64.6 Å². The molecule has 62 heavy (non-hydrogen) atoms. The molecule has 3 amide bonds. The molecule has 8 rings (SSSR count). The van der Waals surface area contributed by atoms with Gasteiger partial charge in [0, 0.05) is 92.9 Å². The Bertz CT molecular complexity index is 2450. The van der Waals surface area contributed by atoms with Crippen molar-refractivity contribution in [3.05, 3.63) is 88.6 Å². The smallest absolute Gasteiger partial charge is 0.255 e. The van der Waals surface area contributed by atoms with Crippen LogP contribution in [-0.2, 0) is 20.7 Å². The molecule has 1 unspecified atom stereocenters. The number of carbonyl (C=O) groups is 3. The van der Waals surface area contributed by atoms with Crippen LogP contribution in [0.15, 0.2) is 66.9 Å². The number of ether oxygens (including phenoxy) is 1. The van der Waals surface area contributed by atoms with Crippen molar-refractivity contribution in [2.24, 2.45) is 0 Å². The van der Waals surface area contributed by atoms with Crippen LogP contribution in [0, 0.1) is 11.8 Å². The molecular formula is C46H53ClN9O5P. The number of aromatic nitrogens is 2. The number of nitrogens with one attached hydrogen (secondary N) is 3. The average Bonchev–Trinajstić information content (AvgIpc) is 3.61. The van der Waals surface area contributed by atoms with Crippen LogP contribution in [-0.4, -0.2) is 121 Å². The largest absolute Gasteiger partial charge is 0.494 e. The van der Waals surface area contributed by atoms with Crippen LogP contribution in [0.25, 0.3) is 0 Å². The lowest BCUT2D eigenvalue weighted by Gasteiger charge is -2.43. The highest BCUT2D eigenvalue weighted by Gasteiger charge is 2.39. The fourth-order valence-electron chi connectivity index (χ4n) is 8.88. The van der Waals surface area contributed by atoms with Gasteiger partial charge in [0.15, 0.2) is 5.82 Å². The Labute approximate surface area is 368 Å². The molecule has 1 aromatic heterocycles. The number of piperazine rings is 1. The number of carbonyl (C=O) groups excluding carboxylic acids is 3. The maximum absolute atomic E-state index is 13.2. The van der Waals surface area contributed by atoms with Gasteiger partial charge in [-0.1, -0.05) is 41.6 Å². The molecule has 3 fully saturated rings. The predicted octanol–water partition coefficient (Wildman–Crippen LogP) is 6.05. The lowest BCUT2D eigenvalue weighted by molar-refractivity contribution is -0.136. The van der Waals surface area contributed by atoms with Gasteiger partial charge in [0.2, 0.25) is 17.8 Å². The first-order chi connectivity index (χ1) is 29.9. The number of fused-ring (bicyclic) bond motifs is 1. The molecular weight excluding hydrogens is 825 g/mol. The minimum absolute atomic E-state index is 0.176. The highest BCUT2D eigenvalue weighted by Crippen LogP contribution is 2.39. The van der Waals surface area contributed by atoms with Crippen LogP contribution in [0.2, 0.25) is 5.02 Å². The van der Waals surface area contributed by atoms with Crippen molar-refractivity contribution < 1.29 is 23.7 Å². The van der Waals surface area contributed by atoms with Crippen LogP contribution < -0.4 is 30.9 Å². The summed E-state index contributed by atoms with van der Waals surface area (Å²) in [5.41, 5.74) is 4.81. The molecule has 4 aliphatic rings. The SMILES string of the molecule is COc1cc(N2CCC(N3CCN(CCCC#Cc4cccc5c4CN(C4CCC(=O)NC4=O)C5=O)CC3)CC2)ccc1Nc1ncc(Cl)c(Nc2ccccc2P(C)(C)=O)n1. The van der Waals surface area contributed by atoms with Gasteiger partial charge < -0.3 is 34.6 Å². The van der Waals surface area contributed by atoms with Crippen molar-refractivity contribution in [2.75, 3.05) is 81.8 Å². The summed E-state index contributed by atoms with van der Waals surface area (Å²) < 4.78 is 18.7. The summed E-state index contributed by atoms with van der Waals surface area (Å²) in [4.78, 5) is 55.5. The number of amides is 3. The number of rotatable bonds is 12. The number of imide groups is 1. The van der Waals surface area contributed by atoms with E-state index in [0.717, 1.165) is 99.3 Å². The third-order valence-corrected chi connectivity index (χ3v) is 14.1. The standard InChI is InChI=1S/C46H53ClN9O5P/c1-61-40-28-33(15-16-37(40)50-46-48-29-36(47)43(52-46)49-38-13-6-7-14-41(38)62(2,3)60)54-22-19-32(20-23-54)55-26-24-53(25-27-55)21-8-4-5-10-31-11-9-12-34-35(31)30-56(45(34)59)39-17-18-42(57)51-44(39)58/h6-7,9,11-16,28-29,32,39H,4,8,17-27,30H2,1-3H3,(H,51,57,58)(H2,48,49,50,52). The first kappa shape index (κ1) is 43.2. The van der Waals surface area contributed by atoms with Gasteiger partial charge in [-0.2, -0.15) is 4.98 Å². The predicted molar refractivity (Wildman–Crippen MR) is 244 cm³/mol. The number of unbranched alkanes of at least 4 members (excludes halogenated alkanes) is 1. The Morgan fingerprint density at radius 3 is 2.48 bits per heavy atom. The van der Waals surface area contributed by atoms with E-state index in [0.29, 0.717) is 52.8 Å². The summed E-state index contributed by atoms with van der Waals surface area (Å²) in [5, 5.41) is 9.97. The molecule has 0 radical (unpaired) electrons.